The second-order valence-corrected chi connectivity index (χ2v) is 6.56. The first-order chi connectivity index (χ1) is 14.2. The van der Waals surface area contributed by atoms with Crippen LogP contribution in [0.2, 0.25) is 0 Å². The number of esters is 1. The lowest BCUT2D eigenvalue weighted by Crippen LogP contribution is -2.31. The van der Waals surface area contributed by atoms with Crippen LogP contribution in [0.5, 0.6) is 23.0 Å². The summed E-state index contributed by atoms with van der Waals surface area (Å²) in [6.45, 7) is 3.24. The second kappa shape index (κ2) is 10.3. The number of carbonyl (C=O) groups is 1. The second-order valence-electron chi connectivity index (χ2n) is 6.56. The lowest BCUT2D eigenvalue weighted by atomic mass is 10.2. The molecule has 0 aromatic heterocycles. The molecule has 2 rings (SSSR count). The minimum atomic E-state index is -1.28. The Morgan fingerprint density at radius 3 is 1.90 bits per heavy atom. The van der Waals surface area contributed by atoms with Crippen molar-refractivity contribution in [1.82, 2.24) is 0 Å². The van der Waals surface area contributed by atoms with E-state index in [-0.39, 0.29) is 23.0 Å². The SMILES string of the molecule is C[C@H](OC(=O)C=Cc1ccc(O)c(O)c1)[C@H](C)O[C@H](O)C=Cc1ccc(O)c(O)c1. The number of phenolic OH excluding ortho intramolecular Hbond substituents is 4. The van der Waals surface area contributed by atoms with Gasteiger partial charge < -0.3 is 35.0 Å². The Kier molecular flexibility index (Phi) is 7.85. The molecule has 2 aromatic carbocycles. The van der Waals surface area contributed by atoms with Gasteiger partial charge in [0.15, 0.2) is 29.3 Å². The summed E-state index contributed by atoms with van der Waals surface area (Å²) in [5.41, 5.74) is 1.05. The molecule has 0 saturated carbocycles. The number of aromatic hydroxyl groups is 4. The summed E-state index contributed by atoms with van der Waals surface area (Å²) in [5.74, 6) is -1.73. The Balaban J connectivity index is 1.85. The summed E-state index contributed by atoms with van der Waals surface area (Å²) >= 11 is 0. The van der Waals surface area contributed by atoms with E-state index in [1.165, 1.54) is 54.6 Å². The minimum Gasteiger partial charge on any atom is -0.504 e. The molecule has 0 aliphatic carbocycles. The Morgan fingerprint density at radius 2 is 1.37 bits per heavy atom. The van der Waals surface area contributed by atoms with Gasteiger partial charge in [0.2, 0.25) is 0 Å². The van der Waals surface area contributed by atoms with Crippen LogP contribution in [0.4, 0.5) is 0 Å². The van der Waals surface area contributed by atoms with Crippen molar-refractivity contribution in [2.45, 2.75) is 32.3 Å². The number of aliphatic hydroxyl groups excluding tert-OH is 1. The van der Waals surface area contributed by atoms with Crippen LogP contribution < -0.4 is 0 Å². The van der Waals surface area contributed by atoms with E-state index in [1.54, 1.807) is 19.9 Å². The van der Waals surface area contributed by atoms with Gasteiger partial charge in [-0.25, -0.2) is 4.79 Å². The molecule has 160 valence electrons. The normalized spacial score (nSPS) is 14.6. The van der Waals surface area contributed by atoms with Crippen LogP contribution in [0.15, 0.2) is 48.6 Å². The largest absolute Gasteiger partial charge is 0.504 e. The van der Waals surface area contributed by atoms with E-state index in [1.807, 2.05) is 0 Å². The van der Waals surface area contributed by atoms with E-state index in [9.17, 15) is 30.3 Å². The number of ether oxygens (including phenoxy) is 2. The van der Waals surface area contributed by atoms with Crippen molar-refractivity contribution in [3.8, 4) is 23.0 Å². The summed E-state index contributed by atoms with van der Waals surface area (Å²) in [7, 11) is 0. The number of phenols is 4. The van der Waals surface area contributed by atoms with Crippen molar-refractivity contribution >= 4 is 18.1 Å². The zero-order valence-corrected chi connectivity index (χ0v) is 16.5. The molecule has 0 heterocycles. The maximum Gasteiger partial charge on any atom is 0.331 e. The van der Waals surface area contributed by atoms with Crippen molar-refractivity contribution in [2.75, 3.05) is 0 Å². The van der Waals surface area contributed by atoms with Crippen molar-refractivity contribution in [2.24, 2.45) is 0 Å². The van der Waals surface area contributed by atoms with E-state index in [0.717, 1.165) is 0 Å². The molecule has 0 bridgehead atoms. The Morgan fingerprint density at radius 1 is 0.833 bits per heavy atom. The van der Waals surface area contributed by atoms with Crippen LogP contribution in [0.3, 0.4) is 0 Å². The van der Waals surface area contributed by atoms with Crippen LogP contribution in [0, 0.1) is 0 Å². The van der Waals surface area contributed by atoms with Gasteiger partial charge in [0.1, 0.15) is 6.10 Å². The Hall–Kier alpha value is -3.49. The zero-order valence-electron chi connectivity index (χ0n) is 16.5. The molecule has 8 nitrogen and oxygen atoms in total. The van der Waals surface area contributed by atoms with Crippen LogP contribution in [-0.2, 0) is 14.3 Å². The van der Waals surface area contributed by atoms with E-state index < -0.39 is 24.5 Å². The smallest absolute Gasteiger partial charge is 0.331 e. The molecule has 0 aliphatic rings. The minimum absolute atomic E-state index is 0.246. The molecule has 0 unspecified atom stereocenters. The third kappa shape index (κ3) is 6.84. The van der Waals surface area contributed by atoms with Crippen LogP contribution in [0.25, 0.3) is 12.2 Å². The molecule has 0 radical (unpaired) electrons. The van der Waals surface area contributed by atoms with Gasteiger partial charge in [0.05, 0.1) is 6.10 Å². The van der Waals surface area contributed by atoms with E-state index in [4.69, 9.17) is 9.47 Å². The number of hydrogen-bond acceptors (Lipinski definition) is 8. The summed E-state index contributed by atoms with van der Waals surface area (Å²) in [5, 5.41) is 47.4. The average Bonchev–Trinajstić information content (AvgIpc) is 2.69. The van der Waals surface area contributed by atoms with Crippen LogP contribution in [0.1, 0.15) is 25.0 Å². The van der Waals surface area contributed by atoms with Crippen LogP contribution >= 0.6 is 0 Å². The fourth-order valence-electron chi connectivity index (χ4n) is 2.34. The topological polar surface area (TPSA) is 137 Å². The molecular weight excluding hydrogens is 392 g/mol. The molecule has 0 saturated heterocycles. The lowest BCUT2D eigenvalue weighted by Gasteiger charge is -2.22. The molecule has 30 heavy (non-hydrogen) atoms. The van der Waals surface area contributed by atoms with Gasteiger partial charge in [0.25, 0.3) is 0 Å². The van der Waals surface area contributed by atoms with Gasteiger partial charge in [-0.05, 0) is 61.4 Å². The monoisotopic (exact) mass is 416 g/mol. The molecule has 0 spiro atoms. The molecule has 0 amide bonds. The summed E-state index contributed by atoms with van der Waals surface area (Å²) in [6.07, 6.45) is 2.85. The van der Waals surface area contributed by atoms with Gasteiger partial charge in [-0.3, -0.25) is 0 Å². The van der Waals surface area contributed by atoms with Crippen molar-refractivity contribution in [1.29, 1.82) is 0 Å². The number of hydrogen-bond donors (Lipinski definition) is 5. The number of carbonyl (C=O) groups excluding carboxylic acids is 1. The maximum atomic E-state index is 11.9. The van der Waals surface area contributed by atoms with E-state index in [2.05, 4.69) is 0 Å². The highest BCUT2D eigenvalue weighted by molar-refractivity contribution is 5.87. The fraction of sp³-hybridized carbons (Fsp3) is 0.227. The number of rotatable bonds is 8. The first kappa shape index (κ1) is 22.8. The fourth-order valence-corrected chi connectivity index (χ4v) is 2.34. The Labute approximate surface area is 173 Å². The number of benzene rings is 2. The number of aliphatic hydroxyl groups is 1. The molecular formula is C22H24O8. The van der Waals surface area contributed by atoms with E-state index in [0.29, 0.717) is 11.1 Å². The molecule has 3 atom stereocenters. The molecule has 5 N–H and O–H groups in total. The van der Waals surface area contributed by atoms with Gasteiger partial charge in [0, 0.05) is 6.08 Å². The van der Waals surface area contributed by atoms with Crippen LogP contribution in [-0.4, -0.2) is 50.0 Å². The van der Waals surface area contributed by atoms with Crippen molar-refractivity contribution < 1.29 is 39.8 Å². The van der Waals surface area contributed by atoms with Gasteiger partial charge in [-0.15, -0.1) is 0 Å². The lowest BCUT2D eigenvalue weighted by molar-refractivity contribution is -0.163. The summed E-state index contributed by atoms with van der Waals surface area (Å²) in [4.78, 5) is 11.9. The zero-order chi connectivity index (χ0) is 22.3. The predicted octanol–water partition coefficient (Wildman–Crippen LogP) is 2.89. The average molecular weight is 416 g/mol. The molecule has 0 fully saturated rings. The standard InChI is InChI=1S/C22H24O8/c1-13(29-21(27)9-5-15-3-7-17(23)19(25)11-15)14(2)30-22(28)10-6-16-4-8-18(24)20(26)12-16/h3-14,21,23-27H,1-2H3/t13-,14-,21-/m0/s1. The summed E-state index contributed by atoms with van der Waals surface area (Å²) < 4.78 is 10.6. The van der Waals surface area contributed by atoms with E-state index >= 15 is 0 Å². The van der Waals surface area contributed by atoms with Gasteiger partial charge in [-0.1, -0.05) is 18.2 Å². The first-order valence-corrected chi connectivity index (χ1v) is 9.10. The van der Waals surface area contributed by atoms with Gasteiger partial charge >= 0.3 is 5.97 Å². The van der Waals surface area contributed by atoms with Crippen molar-refractivity contribution in [3.63, 3.8) is 0 Å². The quantitative estimate of drug-likeness (QED) is 0.192. The third-order valence-electron chi connectivity index (χ3n) is 4.18. The highest BCUT2D eigenvalue weighted by Crippen LogP contribution is 2.26. The molecule has 0 aliphatic heterocycles. The predicted molar refractivity (Wildman–Crippen MR) is 110 cm³/mol. The first-order valence-electron chi connectivity index (χ1n) is 9.10. The summed E-state index contributed by atoms with van der Waals surface area (Å²) in [6, 6.07) is 8.31. The highest BCUT2D eigenvalue weighted by Gasteiger charge is 2.18. The van der Waals surface area contributed by atoms with Gasteiger partial charge in [-0.2, -0.15) is 0 Å². The highest BCUT2D eigenvalue weighted by atomic mass is 16.6. The Bertz CT molecular complexity index is 935. The molecule has 2 aromatic rings. The molecule has 8 heteroatoms. The maximum absolute atomic E-state index is 11.9. The van der Waals surface area contributed by atoms with Crippen molar-refractivity contribution in [3.05, 3.63) is 59.7 Å². The third-order valence-corrected chi connectivity index (χ3v) is 4.18.